The van der Waals surface area contributed by atoms with Crippen LogP contribution in [0.5, 0.6) is 5.75 Å². The highest BCUT2D eigenvalue weighted by Crippen LogP contribution is 2.45. The molecule has 0 amide bonds. The van der Waals surface area contributed by atoms with E-state index >= 15 is 0 Å². The summed E-state index contributed by atoms with van der Waals surface area (Å²) in [7, 11) is 1.65. The Morgan fingerprint density at radius 2 is 2.00 bits per heavy atom. The lowest BCUT2D eigenvalue weighted by Gasteiger charge is -2.43. The van der Waals surface area contributed by atoms with Crippen LogP contribution in [-0.2, 0) is 5.60 Å². The quantitative estimate of drug-likeness (QED) is 0.798. The summed E-state index contributed by atoms with van der Waals surface area (Å²) in [5.74, 6) is 0.800. The van der Waals surface area contributed by atoms with Crippen molar-refractivity contribution in [2.75, 3.05) is 7.11 Å². The van der Waals surface area contributed by atoms with Crippen molar-refractivity contribution >= 4 is 0 Å². The summed E-state index contributed by atoms with van der Waals surface area (Å²) in [4.78, 5) is 0. The summed E-state index contributed by atoms with van der Waals surface area (Å²) < 4.78 is 5.41. The van der Waals surface area contributed by atoms with Gasteiger partial charge >= 0.3 is 0 Å². The topological polar surface area (TPSA) is 55.5 Å². The molecule has 88 valence electrons. The van der Waals surface area contributed by atoms with Crippen molar-refractivity contribution in [3.63, 3.8) is 0 Å². The van der Waals surface area contributed by atoms with Gasteiger partial charge in [-0.25, -0.2) is 0 Å². The average molecular weight is 221 g/mol. The van der Waals surface area contributed by atoms with Gasteiger partial charge in [0, 0.05) is 11.6 Å². The molecule has 3 heteroatoms. The summed E-state index contributed by atoms with van der Waals surface area (Å²) in [5, 5.41) is 10.4. The molecular weight excluding hydrogens is 202 g/mol. The van der Waals surface area contributed by atoms with E-state index in [-0.39, 0.29) is 6.04 Å². The number of aliphatic hydroxyl groups is 1. The van der Waals surface area contributed by atoms with Crippen LogP contribution in [0.25, 0.3) is 0 Å². The van der Waals surface area contributed by atoms with E-state index in [2.05, 4.69) is 0 Å². The van der Waals surface area contributed by atoms with Gasteiger partial charge < -0.3 is 15.6 Å². The molecule has 0 heterocycles. The zero-order valence-electron chi connectivity index (χ0n) is 10.1. The fourth-order valence-electron chi connectivity index (χ4n) is 2.45. The Kier molecular flexibility index (Phi) is 2.68. The van der Waals surface area contributed by atoms with E-state index < -0.39 is 5.60 Å². The van der Waals surface area contributed by atoms with Gasteiger partial charge in [0.25, 0.3) is 0 Å². The van der Waals surface area contributed by atoms with Crippen LogP contribution in [0.1, 0.15) is 29.5 Å². The summed E-state index contributed by atoms with van der Waals surface area (Å²) in [6, 6.07) is 4.08. The van der Waals surface area contributed by atoms with Crippen LogP contribution >= 0.6 is 0 Å². The van der Waals surface area contributed by atoms with Gasteiger partial charge in [0.15, 0.2) is 0 Å². The SMILES string of the molecule is COc1c(C2(O)CC(N)C2)ccc(C)c1C. The van der Waals surface area contributed by atoms with Crippen molar-refractivity contribution in [1.82, 2.24) is 0 Å². The van der Waals surface area contributed by atoms with Crippen LogP contribution in [0, 0.1) is 13.8 Å². The molecule has 16 heavy (non-hydrogen) atoms. The molecule has 0 radical (unpaired) electrons. The number of rotatable bonds is 2. The van der Waals surface area contributed by atoms with Gasteiger partial charge in [0.1, 0.15) is 5.75 Å². The second kappa shape index (κ2) is 3.75. The summed E-state index contributed by atoms with van der Waals surface area (Å²) in [6.07, 6.45) is 1.23. The minimum Gasteiger partial charge on any atom is -0.496 e. The zero-order valence-corrected chi connectivity index (χ0v) is 10.1. The Hall–Kier alpha value is -1.06. The molecule has 0 aromatic heterocycles. The van der Waals surface area contributed by atoms with Crippen LogP contribution in [0.15, 0.2) is 12.1 Å². The summed E-state index contributed by atoms with van der Waals surface area (Å²) >= 11 is 0. The minimum absolute atomic E-state index is 0.108. The Bertz CT molecular complexity index is 409. The minimum atomic E-state index is -0.788. The van der Waals surface area contributed by atoms with Crippen molar-refractivity contribution in [1.29, 1.82) is 0 Å². The number of methoxy groups -OCH3 is 1. The standard InChI is InChI=1S/C13H19NO2/c1-8-4-5-11(12(16-3)9(8)2)13(15)6-10(14)7-13/h4-5,10,15H,6-7,14H2,1-3H3. The predicted octanol–water partition coefficient (Wildman–Crippen LogP) is 1.62. The second-order valence-electron chi connectivity index (χ2n) is 4.79. The van der Waals surface area contributed by atoms with Gasteiger partial charge in [-0.1, -0.05) is 12.1 Å². The molecule has 3 nitrogen and oxygen atoms in total. The third kappa shape index (κ3) is 1.60. The molecule has 1 aromatic carbocycles. The summed E-state index contributed by atoms with van der Waals surface area (Å²) in [5.41, 5.74) is 8.10. The van der Waals surface area contributed by atoms with E-state index in [9.17, 15) is 5.11 Å². The van der Waals surface area contributed by atoms with Crippen LogP contribution in [0.4, 0.5) is 0 Å². The Morgan fingerprint density at radius 1 is 1.38 bits per heavy atom. The van der Waals surface area contributed by atoms with Gasteiger partial charge in [-0.3, -0.25) is 0 Å². The van der Waals surface area contributed by atoms with Crippen LogP contribution in [0.3, 0.4) is 0 Å². The van der Waals surface area contributed by atoms with Gasteiger partial charge in [0.2, 0.25) is 0 Å². The molecular formula is C13H19NO2. The molecule has 0 saturated heterocycles. The fourth-order valence-corrected chi connectivity index (χ4v) is 2.45. The van der Waals surface area contributed by atoms with Gasteiger partial charge in [0.05, 0.1) is 12.7 Å². The normalized spacial score (nSPS) is 28.7. The molecule has 1 aliphatic carbocycles. The Balaban J connectivity index is 2.45. The van der Waals surface area contributed by atoms with Crippen LogP contribution < -0.4 is 10.5 Å². The van der Waals surface area contributed by atoms with Gasteiger partial charge in [-0.05, 0) is 37.8 Å². The highest BCUT2D eigenvalue weighted by molar-refractivity contribution is 5.49. The highest BCUT2D eigenvalue weighted by atomic mass is 16.5. The first-order chi connectivity index (χ1) is 7.48. The van der Waals surface area contributed by atoms with Crippen LogP contribution in [-0.4, -0.2) is 18.3 Å². The molecule has 0 unspecified atom stereocenters. The molecule has 0 bridgehead atoms. The number of hydrogen-bond acceptors (Lipinski definition) is 3. The number of benzene rings is 1. The first kappa shape index (κ1) is 11.4. The Morgan fingerprint density at radius 3 is 2.50 bits per heavy atom. The average Bonchev–Trinajstić information content (AvgIpc) is 2.19. The van der Waals surface area contributed by atoms with Crippen molar-refractivity contribution in [2.45, 2.75) is 38.3 Å². The zero-order chi connectivity index (χ0) is 11.9. The first-order valence-corrected chi connectivity index (χ1v) is 5.60. The van der Waals surface area contributed by atoms with Gasteiger partial charge in [-0.15, -0.1) is 0 Å². The molecule has 1 aromatic rings. The van der Waals surface area contributed by atoms with Gasteiger partial charge in [-0.2, -0.15) is 0 Å². The van der Waals surface area contributed by atoms with E-state index in [0.717, 1.165) is 16.9 Å². The summed E-state index contributed by atoms with van der Waals surface area (Å²) in [6.45, 7) is 4.05. The maximum absolute atomic E-state index is 10.4. The lowest BCUT2D eigenvalue weighted by atomic mass is 9.71. The van der Waals surface area contributed by atoms with Crippen molar-refractivity contribution in [2.24, 2.45) is 5.73 Å². The number of hydrogen-bond donors (Lipinski definition) is 2. The molecule has 2 rings (SSSR count). The molecule has 0 aliphatic heterocycles. The molecule has 3 N–H and O–H groups in total. The predicted molar refractivity (Wildman–Crippen MR) is 63.6 cm³/mol. The number of ether oxygens (including phenoxy) is 1. The molecule has 1 fully saturated rings. The number of aryl methyl sites for hydroxylation is 1. The van der Waals surface area contributed by atoms with E-state index in [1.165, 1.54) is 5.56 Å². The van der Waals surface area contributed by atoms with Crippen molar-refractivity contribution in [3.8, 4) is 5.75 Å². The molecule has 1 aliphatic rings. The van der Waals surface area contributed by atoms with E-state index in [4.69, 9.17) is 10.5 Å². The maximum Gasteiger partial charge on any atom is 0.128 e. The lowest BCUT2D eigenvalue weighted by Crippen LogP contribution is -2.49. The Labute approximate surface area is 96.2 Å². The van der Waals surface area contributed by atoms with Crippen molar-refractivity contribution < 1.29 is 9.84 Å². The molecule has 1 saturated carbocycles. The smallest absolute Gasteiger partial charge is 0.128 e. The maximum atomic E-state index is 10.4. The second-order valence-corrected chi connectivity index (χ2v) is 4.79. The third-order valence-corrected chi connectivity index (χ3v) is 3.58. The molecule has 0 spiro atoms. The largest absolute Gasteiger partial charge is 0.496 e. The van der Waals surface area contributed by atoms with Crippen molar-refractivity contribution in [3.05, 3.63) is 28.8 Å². The lowest BCUT2D eigenvalue weighted by molar-refractivity contribution is -0.0538. The van der Waals surface area contributed by atoms with E-state index in [0.29, 0.717) is 12.8 Å². The molecule has 0 atom stereocenters. The third-order valence-electron chi connectivity index (χ3n) is 3.58. The van der Waals surface area contributed by atoms with Crippen LogP contribution in [0.2, 0.25) is 0 Å². The monoisotopic (exact) mass is 221 g/mol. The first-order valence-electron chi connectivity index (χ1n) is 5.60. The highest BCUT2D eigenvalue weighted by Gasteiger charge is 2.44. The van der Waals surface area contributed by atoms with E-state index in [1.807, 2.05) is 26.0 Å². The number of nitrogens with two attached hydrogens (primary N) is 1. The van der Waals surface area contributed by atoms with E-state index in [1.54, 1.807) is 7.11 Å². The fraction of sp³-hybridized carbons (Fsp3) is 0.538.